The highest BCUT2D eigenvalue weighted by atomic mass is 35.5. The molecule has 4 bridgehead atoms. The van der Waals surface area contributed by atoms with E-state index < -0.39 is 0 Å². The maximum Gasteiger partial charge on any atom is 0.253 e. The summed E-state index contributed by atoms with van der Waals surface area (Å²) in [6.45, 7) is 4.66. The zero-order valence-electron chi connectivity index (χ0n) is 38.8. The number of hydrogen-bond donors (Lipinski definition) is 6. The first-order valence-corrected chi connectivity index (χ1v) is 24.1. The first kappa shape index (κ1) is 47.7. The normalized spacial score (nSPS) is 18.8. The predicted molar refractivity (Wildman–Crippen MR) is 273 cm³/mol. The molecule has 6 N–H and O–H groups in total. The number of fused-ring (bicyclic) bond motifs is 6. The summed E-state index contributed by atoms with van der Waals surface area (Å²) in [6.07, 6.45) is 7.68. The molecule has 0 spiro atoms. The van der Waals surface area contributed by atoms with Gasteiger partial charge in [0.15, 0.2) is 11.6 Å². The Balaban J connectivity index is 0.000000174. The third kappa shape index (κ3) is 10.6. The van der Waals surface area contributed by atoms with E-state index in [1.54, 1.807) is 50.5 Å². The van der Waals surface area contributed by atoms with E-state index in [-0.39, 0.29) is 11.8 Å². The van der Waals surface area contributed by atoms with E-state index in [1.807, 2.05) is 12.1 Å². The molecule has 18 heteroatoms. The Morgan fingerprint density at radius 1 is 0.571 bits per heavy atom. The van der Waals surface area contributed by atoms with Gasteiger partial charge in [0, 0.05) is 51.6 Å². The Bertz CT molecular complexity index is 2810. The van der Waals surface area contributed by atoms with Crippen LogP contribution in [0.3, 0.4) is 0 Å². The monoisotopic (exact) mass is 974 g/mol. The van der Waals surface area contributed by atoms with Crippen molar-refractivity contribution in [2.24, 2.45) is 0 Å². The largest absolute Gasteiger partial charge is 0.355 e. The molecule has 6 aliphatic rings. The van der Waals surface area contributed by atoms with E-state index in [0.717, 1.165) is 50.4 Å². The summed E-state index contributed by atoms with van der Waals surface area (Å²) in [7, 11) is 3.18. The van der Waals surface area contributed by atoms with Gasteiger partial charge in [-0.1, -0.05) is 59.6 Å². The Labute approximate surface area is 416 Å². The highest BCUT2D eigenvalue weighted by Gasteiger charge is 2.35. The standard InChI is InChI=1S/2C26H26ClN7O/c2*1-29-25(35)20-4-2-3-5-23(20)32-24-22(27)13-30-26(33-24)31-18-8-9-19-16-6-7-17(21(19)12-18)15-34(14-16)11-10-28/h2*2-5,8-9,12-13,16-17H,6-7,11,14-15H2,1H3,(H,29,35)(H2,30,31,32,33). The van der Waals surface area contributed by atoms with E-state index in [2.05, 4.69) is 110 Å². The third-order valence-electron chi connectivity index (χ3n) is 13.5. The number of carbonyl (C=O) groups is 2. The van der Waals surface area contributed by atoms with Crippen LogP contribution in [0.15, 0.2) is 97.3 Å². The van der Waals surface area contributed by atoms with Crippen LogP contribution in [-0.4, -0.2) is 94.9 Å². The number of aromatic nitrogens is 4. The van der Waals surface area contributed by atoms with Crippen LogP contribution in [0.25, 0.3) is 0 Å². The second-order valence-corrected chi connectivity index (χ2v) is 18.7. The molecule has 4 aromatic carbocycles. The highest BCUT2D eigenvalue weighted by Crippen LogP contribution is 2.45. The van der Waals surface area contributed by atoms with Crippen molar-refractivity contribution in [2.45, 2.75) is 49.4 Å². The van der Waals surface area contributed by atoms with Crippen LogP contribution in [0, 0.1) is 22.7 Å². The summed E-state index contributed by atoms with van der Waals surface area (Å²) >= 11 is 12.7. The molecule has 2 amide bonds. The first-order chi connectivity index (χ1) is 34.1. The Morgan fingerprint density at radius 3 is 1.34 bits per heavy atom. The van der Waals surface area contributed by atoms with Crippen LogP contribution in [0.5, 0.6) is 0 Å². The van der Waals surface area contributed by atoms with Crippen LogP contribution in [0.1, 0.15) is 92.3 Å². The molecule has 0 saturated carbocycles. The molecule has 16 nitrogen and oxygen atoms in total. The fourth-order valence-electron chi connectivity index (χ4n) is 10.2. The molecule has 70 heavy (non-hydrogen) atoms. The minimum Gasteiger partial charge on any atom is -0.355 e. The number of carbonyl (C=O) groups excluding carboxylic acids is 2. The van der Waals surface area contributed by atoms with Crippen molar-refractivity contribution in [3.63, 3.8) is 0 Å². The van der Waals surface area contributed by atoms with Crippen LogP contribution in [0.2, 0.25) is 10.0 Å². The van der Waals surface area contributed by atoms with Gasteiger partial charge >= 0.3 is 0 Å². The first-order valence-electron chi connectivity index (χ1n) is 23.3. The molecule has 12 rings (SSSR count). The Morgan fingerprint density at radius 2 is 0.957 bits per heavy atom. The molecule has 2 saturated heterocycles. The van der Waals surface area contributed by atoms with Gasteiger partial charge in [-0.2, -0.15) is 20.5 Å². The molecule has 356 valence electrons. The summed E-state index contributed by atoms with van der Waals surface area (Å²) in [5.41, 5.74) is 9.45. The molecule has 0 radical (unpaired) electrons. The maximum absolute atomic E-state index is 12.2. The quantitative estimate of drug-likeness (QED) is 0.0631. The number of rotatable bonds is 12. The van der Waals surface area contributed by atoms with Crippen molar-refractivity contribution in [1.82, 2.24) is 40.4 Å². The molecule has 2 aromatic heterocycles. The van der Waals surface area contributed by atoms with Gasteiger partial charge in [0.25, 0.3) is 11.8 Å². The molecule has 6 aromatic rings. The van der Waals surface area contributed by atoms with Gasteiger partial charge in [-0.05, 0) is 120 Å². The van der Waals surface area contributed by atoms with E-state index in [9.17, 15) is 9.59 Å². The molecule has 4 unspecified atom stereocenters. The number of halogens is 2. The van der Waals surface area contributed by atoms with Crippen molar-refractivity contribution >= 4 is 81.3 Å². The summed E-state index contributed by atoms with van der Waals surface area (Å²) in [6, 6.07) is 31.8. The lowest BCUT2D eigenvalue weighted by molar-refractivity contribution is 0.0956. The maximum atomic E-state index is 12.2. The zero-order chi connectivity index (χ0) is 48.7. The Kier molecular flexibility index (Phi) is 14.7. The average Bonchev–Trinajstić information content (AvgIpc) is 3.84. The number of para-hydroxylation sites is 2. The van der Waals surface area contributed by atoms with E-state index in [0.29, 0.717) is 92.8 Å². The van der Waals surface area contributed by atoms with Crippen molar-refractivity contribution in [1.29, 1.82) is 10.5 Å². The fourth-order valence-corrected chi connectivity index (χ4v) is 10.5. The number of nitriles is 2. The highest BCUT2D eigenvalue weighted by molar-refractivity contribution is 6.33. The van der Waals surface area contributed by atoms with Gasteiger partial charge in [-0.3, -0.25) is 19.4 Å². The summed E-state index contributed by atoms with van der Waals surface area (Å²) in [5, 5.41) is 37.3. The second kappa shape index (κ2) is 21.5. The van der Waals surface area contributed by atoms with Gasteiger partial charge in [0.2, 0.25) is 11.9 Å². The number of nitrogens with one attached hydrogen (secondary N) is 6. The van der Waals surface area contributed by atoms with E-state index >= 15 is 0 Å². The lowest BCUT2D eigenvalue weighted by atomic mass is 9.78. The second-order valence-electron chi connectivity index (χ2n) is 17.9. The lowest BCUT2D eigenvalue weighted by Gasteiger charge is -2.27. The molecule has 4 atom stereocenters. The SMILES string of the molecule is CNC(=O)c1ccccc1Nc1nc(Nc2ccc3c(c2)C2CCC3CN(CC#N)C2)ncc1Cl.CNC(=O)c1ccccc1Nc1nc(Nc2ccc3c(c2)C2CCC3CN(CC#N)C2)ncc1Cl. The Hall–Kier alpha value is -7.34. The average molecular weight is 976 g/mol. The fraction of sp³-hybridized carbons (Fsp3) is 0.308. The van der Waals surface area contributed by atoms with E-state index in [4.69, 9.17) is 33.7 Å². The van der Waals surface area contributed by atoms with Crippen LogP contribution in [-0.2, 0) is 0 Å². The van der Waals surface area contributed by atoms with Crippen LogP contribution >= 0.6 is 23.2 Å². The minimum absolute atomic E-state index is 0.204. The van der Waals surface area contributed by atoms with Crippen LogP contribution < -0.4 is 31.9 Å². The number of anilines is 8. The summed E-state index contributed by atoms with van der Waals surface area (Å²) in [5.74, 6) is 2.98. The topological polar surface area (TPSA) is 212 Å². The molecular weight excluding hydrogens is 924 g/mol. The minimum atomic E-state index is -0.204. The number of benzene rings is 4. The molecule has 2 fully saturated rings. The number of hydrogen-bond acceptors (Lipinski definition) is 14. The van der Waals surface area contributed by atoms with Crippen molar-refractivity contribution in [3.05, 3.63) is 141 Å². The molecular formula is C52H52Cl2N14O2. The van der Waals surface area contributed by atoms with Gasteiger partial charge in [0.1, 0.15) is 10.0 Å². The third-order valence-corrected chi connectivity index (χ3v) is 14.0. The summed E-state index contributed by atoms with van der Waals surface area (Å²) < 4.78 is 0. The molecule has 4 aliphatic heterocycles. The molecule has 6 heterocycles. The van der Waals surface area contributed by atoms with Crippen LogP contribution in [0.4, 0.5) is 46.3 Å². The molecule has 2 aliphatic carbocycles. The summed E-state index contributed by atoms with van der Waals surface area (Å²) in [4.78, 5) is 46.8. The number of amides is 2. The predicted octanol–water partition coefficient (Wildman–Crippen LogP) is 9.55. The van der Waals surface area contributed by atoms with Gasteiger partial charge in [0.05, 0.1) is 60.1 Å². The van der Waals surface area contributed by atoms with Crippen molar-refractivity contribution < 1.29 is 9.59 Å². The zero-order valence-corrected chi connectivity index (χ0v) is 40.3. The van der Waals surface area contributed by atoms with Gasteiger partial charge in [-0.25, -0.2) is 9.97 Å². The van der Waals surface area contributed by atoms with Crippen molar-refractivity contribution in [3.8, 4) is 12.1 Å². The lowest BCUT2D eigenvalue weighted by Crippen LogP contribution is -2.27. The van der Waals surface area contributed by atoms with Gasteiger partial charge < -0.3 is 31.9 Å². The van der Waals surface area contributed by atoms with Gasteiger partial charge in [-0.15, -0.1) is 0 Å². The van der Waals surface area contributed by atoms with Crippen molar-refractivity contribution in [2.75, 3.05) is 74.6 Å². The smallest absolute Gasteiger partial charge is 0.253 e. The van der Waals surface area contributed by atoms with E-state index in [1.165, 1.54) is 47.5 Å². The number of nitrogens with zero attached hydrogens (tertiary/aromatic N) is 8.